The second-order valence-electron chi connectivity index (χ2n) is 4.76. The maximum Gasteiger partial charge on any atom is 0.321 e. The summed E-state index contributed by atoms with van der Waals surface area (Å²) in [5, 5.41) is 2.50. The van der Waals surface area contributed by atoms with Crippen LogP contribution in [0.2, 0.25) is 0 Å². The molecule has 1 amide bonds. The Kier molecular flexibility index (Phi) is 7.66. The minimum atomic E-state index is -3.86. The van der Waals surface area contributed by atoms with E-state index in [0.29, 0.717) is 18.9 Å². The van der Waals surface area contributed by atoms with Gasteiger partial charge in [-0.25, -0.2) is 8.42 Å². The lowest BCUT2D eigenvalue weighted by molar-refractivity contribution is -0.153. The van der Waals surface area contributed by atoms with E-state index in [9.17, 15) is 18.0 Å². The molecule has 1 atom stereocenters. The van der Waals surface area contributed by atoms with E-state index in [1.807, 2.05) is 6.92 Å². The zero-order valence-electron chi connectivity index (χ0n) is 13.9. The van der Waals surface area contributed by atoms with Gasteiger partial charge >= 0.3 is 5.97 Å². The minimum absolute atomic E-state index is 0.00414. The van der Waals surface area contributed by atoms with E-state index < -0.39 is 34.5 Å². The lowest BCUT2D eigenvalue weighted by Crippen LogP contribution is -2.38. The van der Waals surface area contributed by atoms with Gasteiger partial charge in [0.1, 0.15) is 12.3 Å². The van der Waals surface area contributed by atoms with Crippen molar-refractivity contribution in [1.82, 2.24) is 10.0 Å². The van der Waals surface area contributed by atoms with E-state index in [0.717, 1.165) is 0 Å². The van der Waals surface area contributed by atoms with Gasteiger partial charge in [-0.15, -0.1) is 0 Å². The Morgan fingerprint density at radius 1 is 1.17 bits per heavy atom. The van der Waals surface area contributed by atoms with Crippen molar-refractivity contribution in [3.8, 4) is 5.75 Å². The van der Waals surface area contributed by atoms with Crippen molar-refractivity contribution in [2.24, 2.45) is 0 Å². The lowest BCUT2D eigenvalue weighted by Gasteiger charge is -2.13. The van der Waals surface area contributed by atoms with Gasteiger partial charge in [0.15, 0.2) is 6.10 Å². The molecule has 0 spiro atoms. The smallest absolute Gasteiger partial charge is 0.321 e. The molecule has 1 rings (SSSR count). The molecule has 8 nitrogen and oxygen atoms in total. The average Bonchev–Trinajstić information content (AvgIpc) is 2.54. The van der Waals surface area contributed by atoms with Crippen LogP contribution in [0.5, 0.6) is 5.75 Å². The maximum atomic E-state index is 12.1. The van der Waals surface area contributed by atoms with Gasteiger partial charge in [0.25, 0.3) is 5.91 Å². The van der Waals surface area contributed by atoms with Crippen molar-refractivity contribution in [2.75, 3.05) is 19.7 Å². The number of hydrogen-bond acceptors (Lipinski definition) is 6. The number of ether oxygens (including phenoxy) is 2. The Bertz CT molecular complexity index is 657. The molecular formula is C15H22N2O6S. The largest absolute Gasteiger partial charge is 0.494 e. The summed E-state index contributed by atoms with van der Waals surface area (Å²) in [5.41, 5.74) is 0. The minimum Gasteiger partial charge on any atom is -0.494 e. The van der Waals surface area contributed by atoms with Gasteiger partial charge < -0.3 is 14.8 Å². The number of benzene rings is 1. The van der Waals surface area contributed by atoms with Crippen molar-refractivity contribution in [3.63, 3.8) is 0 Å². The molecule has 0 bridgehead atoms. The van der Waals surface area contributed by atoms with E-state index >= 15 is 0 Å². The molecule has 2 N–H and O–H groups in total. The Labute approximate surface area is 141 Å². The van der Waals surface area contributed by atoms with Crippen LogP contribution in [-0.2, 0) is 24.3 Å². The number of carbonyl (C=O) groups is 2. The van der Waals surface area contributed by atoms with Crippen LogP contribution >= 0.6 is 0 Å². The van der Waals surface area contributed by atoms with Gasteiger partial charge in [0.2, 0.25) is 10.0 Å². The second-order valence-corrected chi connectivity index (χ2v) is 6.52. The van der Waals surface area contributed by atoms with Crippen molar-refractivity contribution in [3.05, 3.63) is 24.3 Å². The van der Waals surface area contributed by atoms with Crippen molar-refractivity contribution in [2.45, 2.75) is 31.8 Å². The fraction of sp³-hybridized carbons (Fsp3) is 0.467. The van der Waals surface area contributed by atoms with Crippen molar-refractivity contribution < 1.29 is 27.5 Å². The third kappa shape index (κ3) is 6.17. The first-order valence-corrected chi connectivity index (χ1v) is 8.98. The molecule has 1 aromatic carbocycles. The van der Waals surface area contributed by atoms with Crippen molar-refractivity contribution in [1.29, 1.82) is 0 Å². The lowest BCUT2D eigenvalue weighted by atomic mass is 10.3. The average molecular weight is 358 g/mol. The quantitative estimate of drug-likeness (QED) is 0.620. The Hall–Kier alpha value is -2.13. The molecule has 9 heteroatoms. The van der Waals surface area contributed by atoms with Gasteiger partial charge in [0, 0.05) is 6.54 Å². The molecular weight excluding hydrogens is 336 g/mol. The summed E-state index contributed by atoms with van der Waals surface area (Å²) in [6.45, 7) is 5.27. The number of hydrogen-bond donors (Lipinski definition) is 2. The third-order valence-electron chi connectivity index (χ3n) is 2.88. The van der Waals surface area contributed by atoms with E-state index in [2.05, 4.69) is 10.0 Å². The summed E-state index contributed by atoms with van der Waals surface area (Å²) in [4.78, 5) is 23.1. The molecule has 0 saturated heterocycles. The van der Waals surface area contributed by atoms with Crippen LogP contribution in [-0.4, -0.2) is 46.1 Å². The highest BCUT2D eigenvalue weighted by Crippen LogP contribution is 2.15. The second kappa shape index (κ2) is 9.24. The van der Waals surface area contributed by atoms with Gasteiger partial charge in [-0.2, -0.15) is 4.72 Å². The molecule has 0 aliphatic rings. The standard InChI is InChI=1S/C15H22N2O6S/c1-4-16-15(19)11(3)23-14(18)10-17-24(20,21)13-8-6-12(7-9-13)22-5-2/h6-9,11,17H,4-5,10H2,1-3H3,(H,16,19)/t11-/m1/s1. The Morgan fingerprint density at radius 3 is 2.33 bits per heavy atom. The van der Waals surface area contributed by atoms with Gasteiger partial charge in [-0.1, -0.05) is 0 Å². The fourth-order valence-corrected chi connectivity index (χ4v) is 2.70. The highest BCUT2D eigenvalue weighted by molar-refractivity contribution is 7.89. The molecule has 0 unspecified atom stereocenters. The van der Waals surface area contributed by atoms with E-state index in [1.54, 1.807) is 6.92 Å². The van der Waals surface area contributed by atoms with Crippen LogP contribution in [0.25, 0.3) is 0 Å². The molecule has 0 heterocycles. The number of rotatable bonds is 9. The predicted octanol–water partition coefficient (Wildman–Crippen LogP) is 0.431. The zero-order valence-corrected chi connectivity index (χ0v) is 14.7. The summed E-state index contributed by atoms with van der Waals surface area (Å²) in [6.07, 6.45) is -0.993. The number of carbonyl (C=O) groups excluding carboxylic acids is 2. The summed E-state index contributed by atoms with van der Waals surface area (Å²) in [5.74, 6) is -0.741. The van der Waals surface area contributed by atoms with E-state index in [-0.39, 0.29) is 4.90 Å². The molecule has 0 radical (unpaired) electrons. The normalized spacial score (nSPS) is 12.3. The number of sulfonamides is 1. The molecule has 1 aromatic rings. The highest BCUT2D eigenvalue weighted by Gasteiger charge is 2.20. The Morgan fingerprint density at radius 2 is 1.79 bits per heavy atom. The van der Waals surface area contributed by atoms with Crippen LogP contribution in [0.3, 0.4) is 0 Å². The topological polar surface area (TPSA) is 111 Å². The number of nitrogens with one attached hydrogen (secondary N) is 2. The maximum absolute atomic E-state index is 12.1. The number of amides is 1. The molecule has 0 aromatic heterocycles. The number of likely N-dealkylation sites (N-methyl/N-ethyl adjacent to an activating group) is 1. The SMILES string of the molecule is CCNC(=O)[C@@H](C)OC(=O)CNS(=O)(=O)c1ccc(OCC)cc1. The van der Waals surface area contributed by atoms with Gasteiger partial charge in [0.05, 0.1) is 11.5 Å². The van der Waals surface area contributed by atoms with Crippen LogP contribution in [0, 0.1) is 0 Å². The summed E-state index contributed by atoms with van der Waals surface area (Å²) in [6, 6.07) is 5.78. The van der Waals surface area contributed by atoms with Crippen LogP contribution in [0.4, 0.5) is 0 Å². The fourth-order valence-electron chi connectivity index (χ4n) is 1.73. The van der Waals surface area contributed by atoms with E-state index in [1.165, 1.54) is 31.2 Å². The molecule has 0 aliphatic heterocycles. The molecule has 134 valence electrons. The molecule has 0 saturated carbocycles. The molecule has 24 heavy (non-hydrogen) atoms. The predicted molar refractivity (Wildman–Crippen MR) is 87.0 cm³/mol. The molecule has 0 fully saturated rings. The number of esters is 1. The zero-order chi connectivity index (χ0) is 18.2. The first-order valence-electron chi connectivity index (χ1n) is 7.49. The highest BCUT2D eigenvalue weighted by atomic mass is 32.2. The summed E-state index contributed by atoms with van der Waals surface area (Å²) < 4.78 is 36.4. The van der Waals surface area contributed by atoms with E-state index in [4.69, 9.17) is 9.47 Å². The van der Waals surface area contributed by atoms with Crippen LogP contribution in [0.1, 0.15) is 20.8 Å². The molecule has 0 aliphatic carbocycles. The van der Waals surface area contributed by atoms with Crippen LogP contribution < -0.4 is 14.8 Å². The van der Waals surface area contributed by atoms with Gasteiger partial charge in [-0.3, -0.25) is 9.59 Å². The first kappa shape index (κ1) is 19.9. The third-order valence-corrected chi connectivity index (χ3v) is 4.30. The van der Waals surface area contributed by atoms with Crippen molar-refractivity contribution >= 4 is 21.9 Å². The first-order chi connectivity index (χ1) is 11.3. The summed E-state index contributed by atoms with van der Waals surface area (Å²) in [7, 11) is -3.86. The van der Waals surface area contributed by atoms with Gasteiger partial charge in [-0.05, 0) is 45.0 Å². The monoisotopic (exact) mass is 358 g/mol. The van der Waals surface area contributed by atoms with Crippen LogP contribution in [0.15, 0.2) is 29.2 Å². The summed E-state index contributed by atoms with van der Waals surface area (Å²) >= 11 is 0. The Balaban J connectivity index is 2.58.